The highest BCUT2D eigenvalue weighted by atomic mass is 15.1. The fourth-order valence-electron chi connectivity index (χ4n) is 8.06. The minimum absolute atomic E-state index is 0.662. The number of rotatable bonds is 4. The zero-order valence-corrected chi connectivity index (χ0v) is 27.7. The second kappa shape index (κ2) is 11.6. The van der Waals surface area contributed by atoms with E-state index in [1.165, 1.54) is 64.6 Å². The molecule has 2 nitrogen and oxygen atoms in total. The van der Waals surface area contributed by atoms with Gasteiger partial charge >= 0.3 is 0 Å². The fraction of sp³-hybridized carbons (Fsp3) is 0. The van der Waals surface area contributed by atoms with Crippen LogP contribution in [0.4, 0.5) is 17.1 Å². The quantitative estimate of drug-likeness (QED) is 0.178. The highest BCUT2D eigenvalue weighted by molar-refractivity contribution is 6.27. The molecule has 0 aromatic heterocycles. The van der Waals surface area contributed by atoms with E-state index >= 15 is 0 Å². The highest BCUT2D eigenvalue weighted by Gasteiger charge is 2.18. The Labute approximate surface area is 295 Å². The van der Waals surface area contributed by atoms with E-state index in [2.05, 4.69) is 169 Å². The van der Waals surface area contributed by atoms with Gasteiger partial charge in [-0.2, -0.15) is 5.26 Å². The summed E-state index contributed by atoms with van der Waals surface area (Å²) < 4.78 is 0. The van der Waals surface area contributed by atoms with Crippen molar-refractivity contribution in [3.8, 4) is 17.2 Å². The van der Waals surface area contributed by atoms with Crippen LogP contribution in [0.25, 0.3) is 75.8 Å². The first-order valence-corrected chi connectivity index (χ1v) is 17.3. The molecule has 236 valence electrons. The summed E-state index contributed by atoms with van der Waals surface area (Å²) >= 11 is 0. The van der Waals surface area contributed by atoms with Gasteiger partial charge in [-0.1, -0.05) is 133 Å². The Hall–Kier alpha value is -6.95. The third-order valence-corrected chi connectivity index (χ3v) is 10.4. The summed E-state index contributed by atoms with van der Waals surface area (Å²) in [4.78, 5) is 2.38. The average Bonchev–Trinajstić information content (AvgIpc) is 3.21. The molecular formula is C49H30N2. The molecule has 2 heteroatoms. The lowest BCUT2D eigenvalue weighted by atomic mass is 9.93. The lowest BCUT2D eigenvalue weighted by Crippen LogP contribution is -2.10. The van der Waals surface area contributed by atoms with Crippen LogP contribution in [0.5, 0.6) is 0 Å². The molecule has 0 amide bonds. The second-order valence-corrected chi connectivity index (χ2v) is 13.2. The molecule has 0 aliphatic carbocycles. The third-order valence-electron chi connectivity index (χ3n) is 10.4. The molecule has 0 bridgehead atoms. The molecule has 10 aromatic rings. The van der Waals surface area contributed by atoms with Gasteiger partial charge in [0, 0.05) is 17.1 Å². The lowest BCUT2D eigenvalue weighted by Gasteiger charge is -2.27. The van der Waals surface area contributed by atoms with Gasteiger partial charge in [-0.05, 0) is 124 Å². The monoisotopic (exact) mass is 646 g/mol. The SMILES string of the molecule is N#Cc1ccc(-c2ccc(N(c3ccc4c5ccccc5c5ccccc5c4c3)c3ccc4c5ccccc5c5ccccc5c4c3)cc2)cc1. The first kappa shape index (κ1) is 29.0. The molecule has 0 aliphatic rings. The van der Waals surface area contributed by atoms with Gasteiger partial charge in [-0.3, -0.25) is 0 Å². The Morgan fingerprint density at radius 2 is 0.588 bits per heavy atom. The number of benzene rings is 10. The first-order valence-electron chi connectivity index (χ1n) is 17.3. The summed E-state index contributed by atoms with van der Waals surface area (Å²) in [6.07, 6.45) is 0. The number of nitrogens with zero attached hydrogens (tertiary/aromatic N) is 2. The minimum Gasteiger partial charge on any atom is -0.310 e. The molecule has 0 heterocycles. The summed E-state index contributed by atoms with van der Waals surface area (Å²) in [5.41, 5.74) is 6.11. The van der Waals surface area contributed by atoms with Gasteiger partial charge in [0.05, 0.1) is 11.6 Å². The van der Waals surface area contributed by atoms with Crippen molar-refractivity contribution in [1.29, 1.82) is 5.26 Å². The summed E-state index contributed by atoms with van der Waals surface area (Å²) in [7, 11) is 0. The van der Waals surface area contributed by atoms with Gasteiger partial charge in [0.15, 0.2) is 0 Å². The van der Waals surface area contributed by atoms with Gasteiger partial charge < -0.3 is 4.90 Å². The van der Waals surface area contributed by atoms with Crippen molar-refractivity contribution in [3.63, 3.8) is 0 Å². The first-order chi connectivity index (χ1) is 25.2. The van der Waals surface area contributed by atoms with Crippen LogP contribution in [0.2, 0.25) is 0 Å². The van der Waals surface area contributed by atoms with Crippen LogP contribution in [-0.4, -0.2) is 0 Å². The molecule has 10 aromatic carbocycles. The van der Waals surface area contributed by atoms with Crippen molar-refractivity contribution in [1.82, 2.24) is 0 Å². The predicted octanol–water partition coefficient (Wildman–Crippen LogP) is 13.6. The Kier molecular flexibility index (Phi) is 6.59. The van der Waals surface area contributed by atoms with E-state index in [0.29, 0.717) is 5.56 Å². The normalized spacial score (nSPS) is 11.5. The maximum Gasteiger partial charge on any atom is 0.0991 e. The second-order valence-electron chi connectivity index (χ2n) is 13.2. The number of fused-ring (bicyclic) bond motifs is 12. The maximum atomic E-state index is 9.31. The Balaban J connectivity index is 1.22. The topological polar surface area (TPSA) is 27.0 Å². The van der Waals surface area contributed by atoms with Gasteiger partial charge in [0.25, 0.3) is 0 Å². The minimum atomic E-state index is 0.662. The van der Waals surface area contributed by atoms with E-state index in [1.54, 1.807) is 0 Å². The van der Waals surface area contributed by atoms with Crippen LogP contribution in [0.1, 0.15) is 5.56 Å². The number of nitriles is 1. The van der Waals surface area contributed by atoms with Gasteiger partial charge in [-0.15, -0.1) is 0 Å². The fourth-order valence-corrected chi connectivity index (χ4v) is 8.06. The van der Waals surface area contributed by atoms with E-state index in [4.69, 9.17) is 0 Å². The van der Waals surface area contributed by atoms with Crippen LogP contribution in [0.15, 0.2) is 182 Å². The van der Waals surface area contributed by atoms with Crippen molar-refractivity contribution >= 4 is 81.7 Å². The molecular weight excluding hydrogens is 617 g/mol. The van der Waals surface area contributed by atoms with Gasteiger partial charge in [0.2, 0.25) is 0 Å². The van der Waals surface area contributed by atoms with Crippen molar-refractivity contribution < 1.29 is 0 Å². The lowest BCUT2D eigenvalue weighted by molar-refractivity contribution is 1.30. The Bertz CT molecular complexity index is 2790. The van der Waals surface area contributed by atoms with E-state index < -0.39 is 0 Å². The molecule has 0 fully saturated rings. The van der Waals surface area contributed by atoms with Crippen LogP contribution < -0.4 is 4.90 Å². The zero-order valence-electron chi connectivity index (χ0n) is 27.7. The molecule has 0 atom stereocenters. The Morgan fingerprint density at radius 1 is 0.294 bits per heavy atom. The van der Waals surface area contributed by atoms with E-state index in [9.17, 15) is 5.26 Å². The molecule has 0 aliphatic heterocycles. The van der Waals surface area contributed by atoms with E-state index in [0.717, 1.165) is 28.2 Å². The summed E-state index contributed by atoms with van der Waals surface area (Å²) in [5.74, 6) is 0. The predicted molar refractivity (Wildman–Crippen MR) is 216 cm³/mol. The summed E-state index contributed by atoms with van der Waals surface area (Å²) in [6.45, 7) is 0. The van der Waals surface area contributed by atoms with Crippen LogP contribution in [0.3, 0.4) is 0 Å². The molecule has 0 saturated heterocycles. The smallest absolute Gasteiger partial charge is 0.0991 e. The van der Waals surface area contributed by atoms with E-state index in [-0.39, 0.29) is 0 Å². The Morgan fingerprint density at radius 3 is 0.941 bits per heavy atom. The summed E-state index contributed by atoms with van der Waals surface area (Å²) in [5, 5.41) is 24.4. The van der Waals surface area contributed by atoms with Crippen molar-refractivity contribution in [2.45, 2.75) is 0 Å². The van der Waals surface area contributed by atoms with Crippen LogP contribution in [-0.2, 0) is 0 Å². The number of hydrogen-bond acceptors (Lipinski definition) is 2. The van der Waals surface area contributed by atoms with Gasteiger partial charge in [-0.25, -0.2) is 0 Å². The van der Waals surface area contributed by atoms with Crippen molar-refractivity contribution in [2.24, 2.45) is 0 Å². The molecule has 0 radical (unpaired) electrons. The standard InChI is InChI=1S/C49H30N2/c50-31-32-17-19-33(20-18-32)34-21-23-35(24-22-34)51(36-25-27-46-42-13-3-1-9-38(42)40-11-5-7-15-44(40)48(46)29-36)37-26-28-47-43-14-4-2-10-39(43)41-12-6-8-16-45(41)49(47)30-37/h1-30H. The third kappa shape index (κ3) is 4.64. The molecule has 0 saturated carbocycles. The van der Waals surface area contributed by atoms with Crippen molar-refractivity contribution in [3.05, 3.63) is 188 Å². The molecule has 0 N–H and O–H groups in total. The number of hydrogen-bond donors (Lipinski definition) is 0. The molecule has 10 rings (SSSR count). The van der Waals surface area contributed by atoms with E-state index in [1.807, 2.05) is 24.3 Å². The molecule has 0 unspecified atom stereocenters. The number of anilines is 3. The summed E-state index contributed by atoms with van der Waals surface area (Å²) in [6, 6.07) is 67.6. The highest BCUT2D eigenvalue weighted by Crippen LogP contribution is 2.43. The molecule has 0 spiro atoms. The maximum absolute atomic E-state index is 9.31. The largest absolute Gasteiger partial charge is 0.310 e. The zero-order chi connectivity index (χ0) is 33.9. The molecule has 51 heavy (non-hydrogen) atoms. The van der Waals surface area contributed by atoms with Crippen LogP contribution in [0, 0.1) is 11.3 Å². The van der Waals surface area contributed by atoms with Crippen LogP contribution >= 0.6 is 0 Å². The average molecular weight is 647 g/mol. The van der Waals surface area contributed by atoms with Gasteiger partial charge in [0.1, 0.15) is 0 Å². The van der Waals surface area contributed by atoms with Crippen molar-refractivity contribution in [2.75, 3.05) is 4.90 Å².